The second-order valence-corrected chi connectivity index (χ2v) is 5.09. The number of carbonyl (C=O) groups excluding carboxylic acids is 2. The first kappa shape index (κ1) is 18.2. The fourth-order valence-electron chi connectivity index (χ4n) is 1.97. The van der Waals surface area contributed by atoms with Crippen LogP contribution in [-0.2, 0) is 20.9 Å². The normalized spacial score (nSPS) is 10.5. The quantitative estimate of drug-likeness (QED) is 0.620. The zero-order chi connectivity index (χ0) is 18.1. The molecule has 0 saturated heterocycles. The van der Waals surface area contributed by atoms with Crippen molar-refractivity contribution in [3.63, 3.8) is 0 Å². The van der Waals surface area contributed by atoms with Crippen molar-refractivity contribution in [2.45, 2.75) is 6.61 Å². The van der Waals surface area contributed by atoms with Crippen LogP contribution >= 0.6 is 0 Å². The number of nitrogens with one attached hydrogen (secondary N) is 1. The second kappa shape index (κ2) is 9.22. The summed E-state index contributed by atoms with van der Waals surface area (Å²) in [6.45, 7) is -0.355. The van der Waals surface area contributed by atoms with Crippen molar-refractivity contribution in [2.24, 2.45) is 0 Å². The van der Waals surface area contributed by atoms with E-state index in [-0.39, 0.29) is 18.9 Å². The minimum absolute atomic E-state index is 0.0878. The predicted molar refractivity (Wildman–Crippen MR) is 91.2 cm³/mol. The number of hydrogen-bond donors (Lipinski definition) is 1. The Bertz CT molecular complexity index is 759. The van der Waals surface area contributed by atoms with Gasteiger partial charge in [-0.3, -0.25) is 9.59 Å². The molecule has 0 aromatic heterocycles. The van der Waals surface area contributed by atoms with Crippen molar-refractivity contribution < 1.29 is 23.5 Å². The van der Waals surface area contributed by atoms with E-state index in [0.29, 0.717) is 5.56 Å². The molecule has 0 aliphatic carbocycles. The van der Waals surface area contributed by atoms with Crippen LogP contribution in [0.4, 0.5) is 4.39 Å². The summed E-state index contributed by atoms with van der Waals surface area (Å²) in [7, 11) is 1.37. The van der Waals surface area contributed by atoms with Crippen molar-refractivity contribution in [1.29, 1.82) is 0 Å². The summed E-state index contributed by atoms with van der Waals surface area (Å²) < 4.78 is 23.3. The standard InChI is InChI=1S/C19H18FNO4/c1-24-17-9-7-15(11-16(17)20)13-25-19(23)12-21-18(22)10-8-14-5-3-2-4-6-14/h2-11H,12-13H2,1H3,(H,21,22)/b10-8+. The molecule has 6 heteroatoms. The number of methoxy groups -OCH3 is 1. The minimum Gasteiger partial charge on any atom is -0.494 e. The lowest BCUT2D eigenvalue weighted by atomic mass is 10.2. The van der Waals surface area contributed by atoms with E-state index >= 15 is 0 Å². The van der Waals surface area contributed by atoms with Crippen LogP contribution in [0.3, 0.4) is 0 Å². The molecule has 0 unspecified atom stereocenters. The summed E-state index contributed by atoms with van der Waals surface area (Å²) in [5.41, 5.74) is 1.36. The number of amides is 1. The molecule has 1 amide bonds. The van der Waals surface area contributed by atoms with E-state index in [2.05, 4.69) is 5.32 Å². The predicted octanol–water partition coefficient (Wildman–Crippen LogP) is 2.71. The second-order valence-electron chi connectivity index (χ2n) is 5.09. The van der Waals surface area contributed by atoms with Gasteiger partial charge in [0.25, 0.3) is 0 Å². The van der Waals surface area contributed by atoms with E-state index < -0.39 is 17.7 Å². The monoisotopic (exact) mass is 343 g/mol. The topological polar surface area (TPSA) is 64.6 Å². The molecular weight excluding hydrogens is 325 g/mol. The van der Waals surface area contributed by atoms with Gasteiger partial charge in [-0.25, -0.2) is 4.39 Å². The van der Waals surface area contributed by atoms with Gasteiger partial charge in [0, 0.05) is 6.08 Å². The van der Waals surface area contributed by atoms with E-state index in [1.165, 1.54) is 25.3 Å². The van der Waals surface area contributed by atoms with Gasteiger partial charge in [0.2, 0.25) is 5.91 Å². The molecule has 0 bridgehead atoms. The molecule has 25 heavy (non-hydrogen) atoms. The molecule has 0 aliphatic rings. The van der Waals surface area contributed by atoms with Gasteiger partial charge in [-0.1, -0.05) is 36.4 Å². The lowest BCUT2D eigenvalue weighted by Crippen LogP contribution is -2.29. The molecule has 0 spiro atoms. The molecule has 0 heterocycles. The van der Waals surface area contributed by atoms with E-state index in [1.807, 2.05) is 30.3 Å². The molecule has 0 radical (unpaired) electrons. The molecule has 2 aromatic carbocycles. The van der Waals surface area contributed by atoms with Crippen molar-refractivity contribution in [1.82, 2.24) is 5.32 Å². The van der Waals surface area contributed by atoms with Crippen LogP contribution in [0, 0.1) is 5.82 Å². The van der Waals surface area contributed by atoms with Gasteiger partial charge in [0.05, 0.1) is 7.11 Å². The van der Waals surface area contributed by atoms with Crippen molar-refractivity contribution >= 4 is 18.0 Å². The average molecular weight is 343 g/mol. The lowest BCUT2D eigenvalue weighted by Gasteiger charge is -2.07. The van der Waals surface area contributed by atoms with Crippen LogP contribution in [0.2, 0.25) is 0 Å². The highest BCUT2D eigenvalue weighted by Gasteiger charge is 2.07. The molecule has 2 rings (SSSR count). The van der Waals surface area contributed by atoms with Crippen molar-refractivity contribution in [2.75, 3.05) is 13.7 Å². The molecule has 0 aliphatic heterocycles. The van der Waals surface area contributed by atoms with E-state index in [1.54, 1.807) is 12.1 Å². The molecule has 1 N–H and O–H groups in total. The largest absolute Gasteiger partial charge is 0.494 e. The Morgan fingerprint density at radius 1 is 1.16 bits per heavy atom. The van der Waals surface area contributed by atoms with Crippen LogP contribution in [0.5, 0.6) is 5.75 Å². The molecule has 0 saturated carbocycles. The van der Waals surface area contributed by atoms with Crippen molar-refractivity contribution in [3.8, 4) is 5.75 Å². The summed E-state index contributed by atoms with van der Waals surface area (Å²) in [6, 6.07) is 13.6. The fourth-order valence-corrected chi connectivity index (χ4v) is 1.97. The Labute approximate surface area is 145 Å². The molecule has 2 aromatic rings. The SMILES string of the molecule is COc1ccc(COC(=O)CNC(=O)/C=C/c2ccccc2)cc1F. The maximum atomic E-state index is 13.5. The van der Waals surface area contributed by atoms with Gasteiger partial charge >= 0.3 is 5.97 Å². The maximum absolute atomic E-state index is 13.5. The third-order valence-electron chi connectivity index (χ3n) is 3.25. The first-order valence-electron chi connectivity index (χ1n) is 7.57. The van der Waals surface area contributed by atoms with E-state index in [4.69, 9.17) is 9.47 Å². The Kier molecular flexibility index (Phi) is 6.71. The first-order chi connectivity index (χ1) is 12.1. The maximum Gasteiger partial charge on any atom is 0.325 e. The Hall–Kier alpha value is -3.15. The highest BCUT2D eigenvalue weighted by atomic mass is 19.1. The van der Waals surface area contributed by atoms with Gasteiger partial charge in [0.1, 0.15) is 13.2 Å². The number of hydrogen-bond acceptors (Lipinski definition) is 4. The lowest BCUT2D eigenvalue weighted by molar-refractivity contribution is -0.144. The molecular formula is C19H18FNO4. The van der Waals surface area contributed by atoms with Gasteiger partial charge < -0.3 is 14.8 Å². The Balaban J connectivity index is 1.74. The van der Waals surface area contributed by atoms with Crippen LogP contribution in [0.25, 0.3) is 6.08 Å². The van der Waals surface area contributed by atoms with Gasteiger partial charge in [-0.2, -0.15) is 0 Å². The summed E-state index contributed by atoms with van der Waals surface area (Å²) in [4.78, 5) is 23.3. The summed E-state index contributed by atoms with van der Waals surface area (Å²) in [6.07, 6.45) is 2.97. The highest BCUT2D eigenvalue weighted by molar-refractivity contribution is 5.93. The summed E-state index contributed by atoms with van der Waals surface area (Å²) >= 11 is 0. The van der Waals surface area contributed by atoms with Gasteiger partial charge in [-0.05, 0) is 29.3 Å². The van der Waals surface area contributed by atoms with E-state index in [9.17, 15) is 14.0 Å². The molecule has 0 fully saturated rings. The number of halogens is 1. The van der Waals surface area contributed by atoms with Crippen LogP contribution < -0.4 is 10.1 Å². The Morgan fingerprint density at radius 2 is 1.92 bits per heavy atom. The highest BCUT2D eigenvalue weighted by Crippen LogP contribution is 2.18. The van der Waals surface area contributed by atoms with Crippen LogP contribution in [0.15, 0.2) is 54.6 Å². The summed E-state index contributed by atoms with van der Waals surface area (Å²) in [5, 5.41) is 2.42. The number of ether oxygens (including phenoxy) is 2. The number of esters is 1. The minimum atomic E-state index is -0.613. The smallest absolute Gasteiger partial charge is 0.325 e. The molecule has 130 valence electrons. The average Bonchev–Trinajstić information content (AvgIpc) is 2.64. The zero-order valence-corrected chi connectivity index (χ0v) is 13.7. The first-order valence-corrected chi connectivity index (χ1v) is 7.57. The number of carbonyl (C=O) groups is 2. The van der Waals surface area contributed by atoms with Crippen LogP contribution in [-0.4, -0.2) is 25.5 Å². The number of rotatable bonds is 7. The van der Waals surface area contributed by atoms with Crippen LogP contribution in [0.1, 0.15) is 11.1 Å². The molecule has 5 nitrogen and oxygen atoms in total. The molecule has 0 atom stereocenters. The Morgan fingerprint density at radius 3 is 2.60 bits per heavy atom. The number of benzene rings is 2. The van der Waals surface area contributed by atoms with Gasteiger partial charge in [-0.15, -0.1) is 0 Å². The third kappa shape index (κ3) is 6.10. The van der Waals surface area contributed by atoms with Gasteiger partial charge in [0.15, 0.2) is 11.6 Å². The summed E-state index contributed by atoms with van der Waals surface area (Å²) in [5.74, 6) is -1.43. The third-order valence-corrected chi connectivity index (χ3v) is 3.25. The van der Waals surface area contributed by atoms with Crippen molar-refractivity contribution in [3.05, 3.63) is 71.6 Å². The fraction of sp³-hybridized carbons (Fsp3) is 0.158. The zero-order valence-electron chi connectivity index (χ0n) is 13.7. The van der Waals surface area contributed by atoms with E-state index in [0.717, 1.165) is 5.56 Å².